The van der Waals surface area contributed by atoms with E-state index in [1.165, 1.54) is 0 Å². The molecule has 0 saturated heterocycles. The number of aromatic amines is 1. The Balaban J connectivity index is 0.000000542. The van der Waals surface area contributed by atoms with E-state index in [4.69, 9.17) is 14.9 Å². The van der Waals surface area contributed by atoms with Crippen LogP contribution >= 0.6 is 0 Å². The van der Waals surface area contributed by atoms with E-state index in [1.807, 2.05) is 55.9 Å². The van der Waals surface area contributed by atoms with E-state index in [2.05, 4.69) is 41.1 Å². The van der Waals surface area contributed by atoms with Crippen LogP contribution in [0.15, 0.2) is 54.7 Å². The third kappa shape index (κ3) is 7.42. The van der Waals surface area contributed by atoms with Gasteiger partial charge in [0.15, 0.2) is 0 Å². The molecule has 0 amide bonds. The molecule has 0 spiro atoms. The molecule has 0 bridgehead atoms. The van der Waals surface area contributed by atoms with Crippen molar-refractivity contribution in [2.24, 2.45) is 0 Å². The Bertz CT molecular complexity index is 1530. The van der Waals surface area contributed by atoms with Crippen LogP contribution in [0.3, 0.4) is 0 Å². The number of carbonyl (C=O) groups excluding carboxylic acids is 1. The van der Waals surface area contributed by atoms with Gasteiger partial charge >= 0.3 is 0 Å². The van der Waals surface area contributed by atoms with E-state index in [0.717, 1.165) is 35.4 Å². The molecule has 0 saturated carbocycles. The number of nitrogens with zero attached hydrogens (tertiary/aromatic N) is 6. The summed E-state index contributed by atoms with van der Waals surface area (Å²) < 4.78 is 1.84. The first kappa shape index (κ1) is 28.4. The third-order valence-electron chi connectivity index (χ3n) is 4.94. The summed E-state index contributed by atoms with van der Waals surface area (Å²) in [5.74, 6) is 1.85. The van der Waals surface area contributed by atoms with Gasteiger partial charge < -0.3 is 21.1 Å². The Morgan fingerprint density at radius 1 is 0.974 bits per heavy atom. The van der Waals surface area contributed by atoms with E-state index in [0.29, 0.717) is 35.1 Å². The number of anilines is 3. The normalized spacial score (nSPS) is 10.1. The summed E-state index contributed by atoms with van der Waals surface area (Å²) >= 11 is 0. The second kappa shape index (κ2) is 13.4. The summed E-state index contributed by atoms with van der Waals surface area (Å²) in [5.41, 5.74) is 4.17. The predicted octanol–water partition coefficient (Wildman–Crippen LogP) is 3.43. The minimum atomic E-state index is -0.833. The molecule has 0 radical (unpaired) electrons. The maximum absolute atomic E-state index is 11.0. The van der Waals surface area contributed by atoms with Crippen molar-refractivity contribution in [2.75, 3.05) is 31.8 Å². The zero-order valence-electron chi connectivity index (χ0n) is 22.2. The Morgan fingerprint density at radius 2 is 1.64 bits per heavy atom. The van der Waals surface area contributed by atoms with Crippen molar-refractivity contribution in [1.29, 1.82) is 0 Å². The predicted molar refractivity (Wildman–Crippen MR) is 150 cm³/mol. The maximum atomic E-state index is 11.0. The van der Waals surface area contributed by atoms with Gasteiger partial charge in [-0.25, -0.2) is 9.55 Å². The molecule has 5 rings (SSSR count). The van der Waals surface area contributed by atoms with Gasteiger partial charge in [-0.05, 0) is 44.3 Å². The average Bonchev–Trinajstić information content (AvgIpc) is 3.55. The molecule has 0 atom stereocenters. The summed E-state index contributed by atoms with van der Waals surface area (Å²) in [6.07, 6.45) is 2.49. The second-order valence-electron chi connectivity index (χ2n) is 8.08. The molecule has 5 N–H and O–H groups in total. The van der Waals surface area contributed by atoms with Crippen molar-refractivity contribution in [3.63, 3.8) is 0 Å². The third-order valence-corrected chi connectivity index (χ3v) is 4.94. The number of aromatic nitrogens is 7. The first-order chi connectivity index (χ1) is 18.8. The minimum absolute atomic E-state index is 0.430. The van der Waals surface area contributed by atoms with Gasteiger partial charge in [-0.3, -0.25) is 14.7 Å². The average molecular weight is 531 g/mol. The molecule has 3 aromatic heterocycles. The highest BCUT2D eigenvalue weighted by molar-refractivity contribution is 5.87. The molecular weight excluding hydrogens is 500 g/mol. The maximum Gasteiger partial charge on any atom is 0.300 e. The molecule has 0 aliphatic rings. The Morgan fingerprint density at radius 3 is 2.23 bits per heavy atom. The number of benzene rings is 2. The Hall–Kier alpha value is -5.17. The van der Waals surface area contributed by atoms with Crippen LogP contribution in [-0.2, 0) is 4.79 Å². The van der Waals surface area contributed by atoms with Crippen molar-refractivity contribution < 1.29 is 14.7 Å². The molecule has 5 aromatic rings. The number of rotatable bonds is 6. The fourth-order valence-corrected chi connectivity index (χ4v) is 3.42. The number of hydrogen-bond donors (Lipinski definition) is 5. The summed E-state index contributed by atoms with van der Waals surface area (Å²) in [7, 11) is 5.51. The van der Waals surface area contributed by atoms with E-state index in [1.54, 1.807) is 31.4 Å². The summed E-state index contributed by atoms with van der Waals surface area (Å²) in [4.78, 5) is 38.1. The van der Waals surface area contributed by atoms with Crippen LogP contribution in [0.2, 0.25) is 0 Å². The van der Waals surface area contributed by atoms with Crippen molar-refractivity contribution in [1.82, 2.24) is 40.0 Å². The topological polar surface area (TPSA) is 176 Å². The molecular formula is C26H30N10O3. The number of carbonyl (C=O) groups is 2. The number of H-pyrrole nitrogens is 1. The quantitative estimate of drug-likeness (QED) is 0.203. The lowest BCUT2D eigenvalue weighted by atomic mass is 10.0. The molecule has 0 aliphatic carbocycles. The fourth-order valence-electron chi connectivity index (χ4n) is 3.42. The minimum Gasteiger partial charge on any atom is -0.481 e. The van der Waals surface area contributed by atoms with Gasteiger partial charge in [0.05, 0.1) is 17.2 Å². The highest BCUT2D eigenvalue weighted by Crippen LogP contribution is 2.30. The Labute approximate surface area is 224 Å². The summed E-state index contributed by atoms with van der Waals surface area (Å²) in [6, 6.07) is 15.2. The van der Waals surface area contributed by atoms with Crippen molar-refractivity contribution in [3.8, 4) is 17.1 Å². The standard InChI is InChI=1S/C22H19N9O.C2H7N.C2H4O2/c1-13-25-20(23-2)29-21(26-13)31-18-11-16(15-5-3-14(12-32)4-6-15)7-8-17(18)27-22(31)28-19-9-10-24-30-19;1-3-2;1-2(3)4/h3-12H,1-2H3,(H,23,25,26,29)(H2,24,27,28,30);3H,1-2H3;1H3,(H,3,4). The lowest BCUT2D eigenvalue weighted by molar-refractivity contribution is -0.134. The number of nitrogens with one attached hydrogen (secondary N) is 4. The van der Waals surface area contributed by atoms with Gasteiger partial charge in [0.1, 0.15) is 17.9 Å². The number of aliphatic carboxylic acids is 1. The van der Waals surface area contributed by atoms with E-state index < -0.39 is 5.97 Å². The van der Waals surface area contributed by atoms with Crippen molar-refractivity contribution in [3.05, 3.63) is 66.1 Å². The van der Waals surface area contributed by atoms with Crippen LogP contribution < -0.4 is 16.0 Å². The monoisotopic (exact) mass is 530 g/mol. The van der Waals surface area contributed by atoms with Gasteiger partial charge in [-0.2, -0.15) is 20.1 Å². The molecule has 2 aromatic carbocycles. The fraction of sp³-hybridized carbons (Fsp3) is 0.192. The van der Waals surface area contributed by atoms with Crippen LogP contribution in [0.25, 0.3) is 28.1 Å². The summed E-state index contributed by atoms with van der Waals surface area (Å²) in [6.45, 7) is 2.90. The smallest absolute Gasteiger partial charge is 0.300 e. The SMILES string of the molecule is CC(=O)O.CNC.CNc1nc(C)nc(-n2c(Nc3ccn[nH]3)nc3ccc(-c4ccc(C=O)cc4)cc32)n1. The number of carboxylic acids is 1. The van der Waals surface area contributed by atoms with Crippen LogP contribution in [0.5, 0.6) is 0 Å². The second-order valence-corrected chi connectivity index (χ2v) is 8.08. The molecule has 39 heavy (non-hydrogen) atoms. The molecule has 13 heteroatoms. The van der Waals surface area contributed by atoms with Crippen molar-refractivity contribution >= 4 is 41.0 Å². The van der Waals surface area contributed by atoms with Gasteiger partial charge in [0.2, 0.25) is 17.8 Å². The lowest BCUT2D eigenvalue weighted by Crippen LogP contribution is -2.10. The van der Waals surface area contributed by atoms with Gasteiger partial charge in [-0.1, -0.05) is 30.3 Å². The van der Waals surface area contributed by atoms with Crippen LogP contribution in [0.1, 0.15) is 23.1 Å². The number of imidazole rings is 1. The highest BCUT2D eigenvalue weighted by Gasteiger charge is 2.17. The molecule has 13 nitrogen and oxygen atoms in total. The number of carboxylic acid groups (broad SMARTS) is 1. The zero-order valence-corrected chi connectivity index (χ0v) is 22.2. The lowest BCUT2D eigenvalue weighted by Gasteiger charge is -2.10. The molecule has 0 fully saturated rings. The van der Waals surface area contributed by atoms with Gasteiger partial charge in [-0.15, -0.1) is 0 Å². The van der Waals surface area contributed by atoms with Crippen LogP contribution in [-0.4, -0.2) is 73.2 Å². The summed E-state index contributed by atoms with van der Waals surface area (Å²) in [5, 5.41) is 23.2. The molecule has 202 valence electrons. The van der Waals surface area contributed by atoms with Gasteiger partial charge in [0, 0.05) is 25.6 Å². The largest absolute Gasteiger partial charge is 0.481 e. The molecule has 0 aliphatic heterocycles. The number of fused-ring (bicyclic) bond motifs is 1. The highest BCUT2D eigenvalue weighted by atomic mass is 16.4. The zero-order chi connectivity index (χ0) is 28.4. The van der Waals surface area contributed by atoms with Crippen LogP contribution in [0.4, 0.5) is 17.7 Å². The van der Waals surface area contributed by atoms with E-state index in [9.17, 15) is 4.79 Å². The van der Waals surface area contributed by atoms with E-state index in [-0.39, 0.29) is 0 Å². The first-order valence-corrected chi connectivity index (χ1v) is 11.8. The molecule has 0 unspecified atom stereocenters. The number of hydrogen-bond acceptors (Lipinski definition) is 10. The molecule has 3 heterocycles. The number of aldehydes is 1. The van der Waals surface area contributed by atoms with Crippen molar-refractivity contribution in [2.45, 2.75) is 13.8 Å². The first-order valence-electron chi connectivity index (χ1n) is 11.8. The number of aryl methyl sites for hydroxylation is 1. The Kier molecular flexibility index (Phi) is 9.76. The van der Waals surface area contributed by atoms with Gasteiger partial charge in [0.25, 0.3) is 5.97 Å². The van der Waals surface area contributed by atoms with Crippen LogP contribution in [0, 0.1) is 6.92 Å². The van der Waals surface area contributed by atoms with E-state index >= 15 is 0 Å².